The van der Waals surface area contributed by atoms with Gasteiger partial charge in [0, 0.05) is 15.7 Å². The molecule has 0 spiro atoms. The van der Waals surface area contributed by atoms with E-state index < -0.39 is 5.25 Å². The molecule has 2 atom stereocenters. The number of rotatable bonds is 4. The van der Waals surface area contributed by atoms with Crippen LogP contribution in [0.1, 0.15) is 11.6 Å². The van der Waals surface area contributed by atoms with Gasteiger partial charge in [-0.15, -0.1) is 10.2 Å². The van der Waals surface area contributed by atoms with Crippen LogP contribution in [0.4, 0.5) is 5.69 Å². The Bertz CT molecular complexity index is 1200. The Morgan fingerprint density at radius 3 is 2.32 bits per heavy atom. The summed E-state index contributed by atoms with van der Waals surface area (Å²) in [6.45, 7) is 0. The molecule has 5 rings (SSSR count). The Morgan fingerprint density at radius 1 is 0.935 bits per heavy atom. The summed E-state index contributed by atoms with van der Waals surface area (Å²) in [5.41, 5.74) is 6.21. The van der Waals surface area contributed by atoms with E-state index in [2.05, 4.69) is 36.9 Å². The number of anilines is 1. The molecule has 0 aliphatic carbocycles. The zero-order valence-electron chi connectivity index (χ0n) is 16.3. The van der Waals surface area contributed by atoms with Crippen molar-refractivity contribution in [3.8, 4) is 11.4 Å². The van der Waals surface area contributed by atoms with Gasteiger partial charge in [0.2, 0.25) is 11.1 Å². The van der Waals surface area contributed by atoms with E-state index in [0.717, 1.165) is 27.1 Å². The summed E-state index contributed by atoms with van der Waals surface area (Å²) >= 11 is 4.83. The number of thioether (sulfide) groups is 1. The molecule has 0 saturated carbocycles. The normalized spacial score (nSPS) is 17.5. The van der Waals surface area contributed by atoms with Gasteiger partial charge in [-0.1, -0.05) is 88.4 Å². The average molecular weight is 492 g/mol. The summed E-state index contributed by atoms with van der Waals surface area (Å²) in [5.74, 6) is 0.625. The first-order valence-corrected chi connectivity index (χ1v) is 11.4. The van der Waals surface area contributed by atoms with E-state index in [1.807, 2.05) is 89.6 Å². The molecule has 2 N–H and O–H groups in total. The van der Waals surface area contributed by atoms with E-state index in [-0.39, 0.29) is 11.9 Å². The van der Waals surface area contributed by atoms with Crippen LogP contribution in [-0.4, -0.2) is 26.0 Å². The molecule has 6 nitrogen and oxygen atoms in total. The molecule has 1 aliphatic heterocycles. The summed E-state index contributed by atoms with van der Waals surface area (Å²) in [5, 5.41) is 12.0. The average Bonchev–Trinajstić information content (AvgIpc) is 3.24. The third kappa shape index (κ3) is 4.08. The molecule has 4 aromatic rings. The van der Waals surface area contributed by atoms with Gasteiger partial charge in [0.05, 0.1) is 6.04 Å². The highest BCUT2D eigenvalue weighted by molar-refractivity contribution is 9.10. The van der Waals surface area contributed by atoms with Crippen molar-refractivity contribution >= 4 is 39.3 Å². The van der Waals surface area contributed by atoms with Gasteiger partial charge in [0.15, 0.2) is 5.82 Å². The first-order chi connectivity index (χ1) is 15.2. The van der Waals surface area contributed by atoms with Crippen molar-refractivity contribution in [1.82, 2.24) is 14.9 Å². The Hall–Kier alpha value is -3.10. The molecule has 0 fully saturated rings. The molecule has 0 radical (unpaired) electrons. The predicted octanol–water partition coefficient (Wildman–Crippen LogP) is 5.11. The van der Waals surface area contributed by atoms with E-state index >= 15 is 0 Å². The van der Waals surface area contributed by atoms with Crippen LogP contribution >= 0.6 is 27.7 Å². The third-order valence-electron chi connectivity index (χ3n) is 5.00. The van der Waals surface area contributed by atoms with Crippen molar-refractivity contribution in [2.45, 2.75) is 16.4 Å². The summed E-state index contributed by atoms with van der Waals surface area (Å²) in [4.78, 5) is 13.3. The molecule has 3 aromatic carbocycles. The molecular formula is C23H18BrN5OS. The Morgan fingerprint density at radius 2 is 1.61 bits per heavy atom. The highest BCUT2D eigenvalue weighted by Gasteiger charge is 2.38. The highest BCUT2D eigenvalue weighted by Crippen LogP contribution is 2.39. The van der Waals surface area contributed by atoms with Crippen molar-refractivity contribution in [2.24, 2.45) is 0 Å². The van der Waals surface area contributed by atoms with Gasteiger partial charge in [-0.2, -0.15) is 0 Å². The molecule has 1 amide bonds. The maximum absolute atomic E-state index is 13.3. The lowest BCUT2D eigenvalue weighted by atomic mass is 10.0. The molecule has 0 bridgehead atoms. The molecule has 31 heavy (non-hydrogen) atoms. The topological polar surface area (TPSA) is 71.8 Å². The van der Waals surface area contributed by atoms with E-state index in [4.69, 9.17) is 0 Å². The van der Waals surface area contributed by atoms with Gasteiger partial charge >= 0.3 is 0 Å². The monoisotopic (exact) mass is 491 g/mol. The quantitative estimate of drug-likeness (QED) is 0.415. The number of carbonyl (C=O) groups is 1. The van der Waals surface area contributed by atoms with Gasteiger partial charge in [-0.25, -0.2) is 4.68 Å². The molecule has 1 aromatic heterocycles. The van der Waals surface area contributed by atoms with Crippen LogP contribution in [0.5, 0.6) is 0 Å². The number of halogens is 1. The van der Waals surface area contributed by atoms with Crippen molar-refractivity contribution in [2.75, 3.05) is 10.7 Å². The number of amides is 1. The minimum atomic E-state index is -0.425. The fourth-order valence-corrected chi connectivity index (χ4v) is 4.83. The zero-order chi connectivity index (χ0) is 21.2. The van der Waals surface area contributed by atoms with Crippen LogP contribution in [0, 0.1) is 0 Å². The molecular weight excluding hydrogens is 474 g/mol. The van der Waals surface area contributed by atoms with Crippen LogP contribution < -0.4 is 10.7 Å². The fourth-order valence-electron chi connectivity index (χ4n) is 3.49. The maximum atomic E-state index is 13.3. The lowest BCUT2D eigenvalue weighted by molar-refractivity contribution is -0.116. The van der Waals surface area contributed by atoms with E-state index in [1.54, 1.807) is 0 Å². The van der Waals surface area contributed by atoms with E-state index in [9.17, 15) is 4.79 Å². The first-order valence-electron chi connectivity index (χ1n) is 9.74. The summed E-state index contributed by atoms with van der Waals surface area (Å²) < 4.78 is 2.84. The van der Waals surface area contributed by atoms with Gasteiger partial charge in [0.25, 0.3) is 0 Å². The lowest BCUT2D eigenvalue weighted by Gasteiger charge is -2.33. The van der Waals surface area contributed by atoms with Crippen LogP contribution in [0.15, 0.2) is 94.6 Å². The number of nitrogens with one attached hydrogen (secondary N) is 2. The second-order valence-corrected chi connectivity index (χ2v) is 9.08. The second-order valence-electron chi connectivity index (χ2n) is 7.06. The summed E-state index contributed by atoms with van der Waals surface area (Å²) in [6.07, 6.45) is 0. The van der Waals surface area contributed by atoms with Gasteiger partial charge < -0.3 is 10.7 Å². The zero-order valence-corrected chi connectivity index (χ0v) is 18.7. The van der Waals surface area contributed by atoms with Crippen LogP contribution in [0.3, 0.4) is 0 Å². The number of hydrogen-bond acceptors (Lipinski definition) is 5. The van der Waals surface area contributed by atoms with E-state index in [0.29, 0.717) is 5.16 Å². The van der Waals surface area contributed by atoms with Crippen molar-refractivity contribution in [1.29, 1.82) is 0 Å². The number of aromatic nitrogens is 3. The summed E-state index contributed by atoms with van der Waals surface area (Å²) in [6, 6.07) is 27.2. The van der Waals surface area contributed by atoms with Crippen molar-refractivity contribution in [3.63, 3.8) is 0 Å². The number of fused-ring (bicyclic) bond motifs is 1. The van der Waals surface area contributed by atoms with Gasteiger partial charge in [-0.3, -0.25) is 4.79 Å². The predicted molar refractivity (Wildman–Crippen MR) is 126 cm³/mol. The van der Waals surface area contributed by atoms with Crippen molar-refractivity contribution in [3.05, 3.63) is 95.0 Å². The lowest BCUT2D eigenvalue weighted by Crippen LogP contribution is -2.41. The highest BCUT2D eigenvalue weighted by atomic mass is 79.9. The number of nitrogens with zero attached hydrogens (tertiary/aromatic N) is 3. The Labute approximate surface area is 192 Å². The standard InChI is InChI=1S/C23H18BrN5OS/c24-17-11-13-18(14-12-17)25-22(30)20-19(15-7-3-1-4-8-15)28-29-21(26-27-23(29)31-20)16-9-5-2-6-10-16/h1-14,19-20,28H,(H,25,30)/t19-,20+/m1/s1. The third-order valence-corrected chi connectivity index (χ3v) is 6.74. The first kappa shape index (κ1) is 19.8. The van der Waals surface area contributed by atoms with Crippen LogP contribution in [-0.2, 0) is 4.79 Å². The number of carbonyl (C=O) groups excluding carboxylic acids is 1. The van der Waals surface area contributed by atoms with Crippen molar-refractivity contribution < 1.29 is 4.79 Å². The van der Waals surface area contributed by atoms with Gasteiger partial charge in [0.1, 0.15) is 5.25 Å². The summed E-state index contributed by atoms with van der Waals surface area (Å²) in [7, 11) is 0. The number of hydrogen-bond donors (Lipinski definition) is 2. The molecule has 154 valence electrons. The van der Waals surface area contributed by atoms with Crippen LogP contribution in [0.2, 0.25) is 0 Å². The Balaban J connectivity index is 1.50. The molecule has 8 heteroatoms. The maximum Gasteiger partial charge on any atom is 0.240 e. The smallest absolute Gasteiger partial charge is 0.240 e. The van der Waals surface area contributed by atoms with E-state index in [1.165, 1.54) is 11.8 Å². The fraction of sp³-hybridized carbons (Fsp3) is 0.0870. The SMILES string of the molecule is O=C(Nc1ccc(Br)cc1)[C@H]1Sc2nnc(-c3ccccc3)n2N[C@@H]1c1ccccc1. The largest absolute Gasteiger partial charge is 0.325 e. The molecule has 1 aliphatic rings. The van der Waals surface area contributed by atoms with Gasteiger partial charge in [-0.05, 0) is 29.8 Å². The Kier molecular flexibility index (Phi) is 5.48. The molecule has 0 saturated heterocycles. The second kappa shape index (κ2) is 8.56. The molecule has 0 unspecified atom stereocenters. The minimum absolute atomic E-state index is 0.0933. The minimum Gasteiger partial charge on any atom is -0.325 e. The number of benzene rings is 3. The molecule has 2 heterocycles. The van der Waals surface area contributed by atoms with Crippen LogP contribution in [0.25, 0.3) is 11.4 Å².